The van der Waals surface area contributed by atoms with Crippen molar-refractivity contribution >= 4 is 40.6 Å². The van der Waals surface area contributed by atoms with Gasteiger partial charge in [0.25, 0.3) is 0 Å². The summed E-state index contributed by atoms with van der Waals surface area (Å²) >= 11 is 5.53. The molecule has 1 aliphatic heterocycles. The monoisotopic (exact) mass is 445 g/mol. The number of guanidine groups is 1. The number of anilines is 3. The molecule has 4 rings (SSSR count). The van der Waals surface area contributed by atoms with Crippen molar-refractivity contribution in [1.82, 2.24) is 14.9 Å². The summed E-state index contributed by atoms with van der Waals surface area (Å²) in [5, 5.41) is 6.87. The summed E-state index contributed by atoms with van der Waals surface area (Å²) in [6.45, 7) is 7.29. The van der Waals surface area contributed by atoms with Gasteiger partial charge in [0.1, 0.15) is 0 Å². The van der Waals surface area contributed by atoms with Crippen LogP contribution in [0.1, 0.15) is 11.4 Å². The number of benzene rings is 2. The van der Waals surface area contributed by atoms with Gasteiger partial charge in [-0.1, -0.05) is 36.4 Å². The predicted octanol–water partition coefficient (Wildman–Crippen LogP) is 4.08. The minimum Gasteiger partial charge on any atom is -0.368 e. The van der Waals surface area contributed by atoms with Crippen LogP contribution >= 0.6 is 12.2 Å². The second kappa shape index (κ2) is 10.2. The molecule has 1 saturated heterocycles. The topological polar surface area (TPSA) is 68.7 Å². The van der Waals surface area contributed by atoms with Gasteiger partial charge in [0, 0.05) is 48.9 Å². The van der Waals surface area contributed by atoms with E-state index in [-0.39, 0.29) is 0 Å². The first-order chi connectivity index (χ1) is 15.6. The quantitative estimate of drug-likeness (QED) is 0.358. The van der Waals surface area contributed by atoms with Crippen LogP contribution in [0, 0.1) is 13.8 Å². The van der Waals surface area contributed by atoms with Crippen LogP contribution in [0.4, 0.5) is 17.3 Å². The van der Waals surface area contributed by atoms with Gasteiger partial charge in [0.15, 0.2) is 0 Å². The van der Waals surface area contributed by atoms with Crippen molar-refractivity contribution in [2.45, 2.75) is 13.8 Å². The number of nitrogens with one attached hydrogen (secondary N) is 2. The Bertz CT molecular complexity index is 1060. The minimum atomic E-state index is 0.383. The number of thiocarbonyl (C=S) groups is 1. The van der Waals surface area contributed by atoms with Crippen LogP contribution in [-0.4, -0.2) is 52.1 Å². The fourth-order valence-corrected chi connectivity index (χ4v) is 3.85. The van der Waals surface area contributed by atoms with Crippen LogP contribution in [0.3, 0.4) is 0 Å². The highest BCUT2D eigenvalue weighted by atomic mass is 32.1. The molecule has 3 aromatic rings. The summed E-state index contributed by atoms with van der Waals surface area (Å²) in [5.41, 5.74) is 3.94. The molecule has 0 aliphatic carbocycles. The van der Waals surface area contributed by atoms with Crippen LogP contribution in [-0.2, 0) is 0 Å². The fraction of sp³-hybridized carbons (Fsp3) is 0.250. The molecule has 2 N–H and O–H groups in total. The number of hydrogen-bond donors (Lipinski definition) is 2. The lowest BCUT2D eigenvalue weighted by Gasteiger charge is -2.37. The third-order valence-electron chi connectivity index (χ3n) is 5.14. The maximum Gasteiger partial charge on any atom is 0.229 e. The van der Waals surface area contributed by atoms with Crippen molar-refractivity contribution in [3.63, 3.8) is 0 Å². The Morgan fingerprint density at radius 1 is 0.844 bits per heavy atom. The largest absolute Gasteiger partial charge is 0.368 e. The highest BCUT2D eigenvalue weighted by Crippen LogP contribution is 2.16. The molecular formula is C24H27N7S. The van der Waals surface area contributed by atoms with Gasteiger partial charge in [0.2, 0.25) is 17.0 Å². The van der Waals surface area contributed by atoms with E-state index in [1.165, 1.54) is 5.69 Å². The molecule has 164 valence electrons. The molecule has 2 aromatic carbocycles. The lowest BCUT2D eigenvalue weighted by Crippen LogP contribution is -2.51. The van der Waals surface area contributed by atoms with Crippen molar-refractivity contribution in [3.05, 3.63) is 78.1 Å². The zero-order valence-corrected chi connectivity index (χ0v) is 19.1. The second-order valence-electron chi connectivity index (χ2n) is 7.64. The molecule has 0 saturated carbocycles. The van der Waals surface area contributed by atoms with E-state index in [4.69, 9.17) is 17.2 Å². The molecule has 2 heterocycles. The number of aryl methyl sites for hydroxylation is 2. The lowest BCUT2D eigenvalue weighted by atomic mass is 10.2. The summed E-state index contributed by atoms with van der Waals surface area (Å²) in [6, 6.07) is 22.2. The highest BCUT2D eigenvalue weighted by Gasteiger charge is 2.21. The van der Waals surface area contributed by atoms with Crippen molar-refractivity contribution in [1.29, 1.82) is 0 Å². The zero-order valence-electron chi connectivity index (χ0n) is 18.3. The molecule has 0 bridgehead atoms. The summed E-state index contributed by atoms with van der Waals surface area (Å²) < 4.78 is 0. The molecule has 1 fully saturated rings. The molecular weight excluding hydrogens is 418 g/mol. The standard InChI is InChI=1S/C24H27N7S/c1-18-17-19(2)26-22(25-18)28-23(29-24(32)27-20-9-5-3-6-10-20)31-15-13-30(14-16-31)21-11-7-4-8-12-21/h3-12,17H,13-16H2,1-2H3,(H2,25,26,27,28,29,32). The number of nitrogens with zero attached hydrogens (tertiary/aromatic N) is 5. The third-order valence-corrected chi connectivity index (χ3v) is 5.33. The molecule has 1 aromatic heterocycles. The SMILES string of the molecule is Cc1cc(C)nc(N/C(=N/C(=S)Nc2ccccc2)N2CCN(c3ccccc3)CC2)n1. The van der Waals surface area contributed by atoms with Gasteiger partial charge in [-0.15, -0.1) is 0 Å². The van der Waals surface area contributed by atoms with E-state index < -0.39 is 0 Å². The van der Waals surface area contributed by atoms with Crippen molar-refractivity contribution in [2.24, 2.45) is 4.99 Å². The van der Waals surface area contributed by atoms with E-state index in [1.807, 2.05) is 56.3 Å². The first-order valence-corrected chi connectivity index (χ1v) is 11.1. The summed E-state index contributed by atoms with van der Waals surface area (Å²) in [7, 11) is 0. The van der Waals surface area contributed by atoms with Gasteiger partial charge in [0.05, 0.1) is 0 Å². The Kier molecular flexibility index (Phi) is 6.91. The van der Waals surface area contributed by atoms with Crippen molar-refractivity contribution in [3.8, 4) is 0 Å². The van der Waals surface area contributed by atoms with Crippen molar-refractivity contribution in [2.75, 3.05) is 41.7 Å². The Morgan fingerprint density at radius 3 is 2.06 bits per heavy atom. The normalized spacial score (nSPS) is 14.2. The molecule has 0 unspecified atom stereocenters. The molecule has 1 aliphatic rings. The maximum absolute atomic E-state index is 5.53. The predicted molar refractivity (Wildman–Crippen MR) is 135 cm³/mol. The third kappa shape index (κ3) is 5.79. The maximum atomic E-state index is 5.53. The lowest BCUT2D eigenvalue weighted by molar-refractivity contribution is 0.385. The van der Waals surface area contributed by atoms with E-state index in [0.29, 0.717) is 17.0 Å². The first-order valence-electron chi connectivity index (χ1n) is 10.7. The summed E-state index contributed by atoms with van der Waals surface area (Å²) in [6.07, 6.45) is 0. The Labute approximate surface area is 194 Å². The number of piperazine rings is 1. The summed E-state index contributed by atoms with van der Waals surface area (Å²) in [4.78, 5) is 18.3. The Balaban J connectivity index is 1.52. The van der Waals surface area contributed by atoms with Gasteiger partial charge in [-0.3, -0.25) is 5.32 Å². The number of aromatic nitrogens is 2. The number of para-hydroxylation sites is 2. The summed E-state index contributed by atoms with van der Waals surface area (Å²) in [5.74, 6) is 1.17. The minimum absolute atomic E-state index is 0.383. The smallest absolute Gasteiger partial charge is 0.229 e. The molecule has 0 spiro atoms. The van der Waals surface area contributed by atoms with E-state index in [2.05, 4.69) is 54.7 Å². The molecule has 0 radical (unpaired) electrons. The average Bonchev–Trinajstić information content (AvgIpc) is 2.79. The fourth-order valence-electron chi connectivity index (χ4n) is 3.64. The first kappa shape index (κ1) is 21.7. The Hall–Kier alpha value is -3.52. The van der Waals surface area contributed by atoms with E-state index in [0.717, 1.165) is 43.3 Å². The molecule has 8 heteroatoms. The van der Waals surface area contributed by atoms with Crippen LogP contribution in [0.2, 0.25) is 0 Å². The second-order valence-corrected chi connectivity index (χ2v) is 8.03. The van der Waals surface area contributed by atoms with E-state index in [9.17, 15) is 0 Å². The van der Waals surface area contributed by atoms with Gasteiger partial charge < -0.3 is 15.1 Å². The van der Waals surface area contributed by atoms with Crippen LogP contribution in [0.25, 0.3) is 0 Å². The number of hydrogen-bond acceptors (Lipinski definition) is 4. The van der Waals surface area contributed by atoms with Gasteiger partial charge >= 0.3 is 0 Å². The van der Waals surface area contributed by atoms with Gasteiger partial charge in [-0.05, 0) is 56.4 Å². The van der Waals surface area contributed by atoms with Crippen molar-refractivity contribution < 1.29 is 0 Å². The molecule has 0 amide bonds. The molecule has 0 atom stereocenters. The van der Waals surface area contributed by atoms with Gasteiger partial charge in [-0.25, -0.2) is 9.97 Å². The average molecular weight is 446 g/mol. The molecule has 32 heavy (non-hydrogen) atoms. The highest BCUT2D eigenvalue weighted by molar-refractivity contribution is 7.80. The number of aliphatic imine (C=N–C) groups is 1. The van der Waals surface area contributed by atoms with Crippen LogP contribution < -0.4 is 15.5 Å². The van der Waals surface area contributed by atoms with E-state index in [1.54, 1.807) is 0 Å². The van der Waals surface area contributed by atoms with Gasteiger partial charge in [-0.2, -0.15) is 4.99 Å². The molecule has 7 nitrogen and oxygen atoms in total. The Morgan fingerprint density at radius 2 is 1.44 bits per heavy atom. The van der Waals surface area contributed by atoms with E-state index >= 15 is 0 Å². The van der Waals surface area contributed by atoms with Crippen LogP contribution in [0.5, 0.6) is 0 Å². The van der Waals surface area contributed by atoms with Crippen LogP contribution in [0.15, 0.2) is 71.7 Å². The zero-order chi connectivity index (χ0) is 22.3. The number of rotatable bonds is 3.